The molecule has 0 saturated heterocycles. The van der Waals surface area contributed by atoms with Crippen molar-refractivity contribution >= 4 is 31.3 Å². The average Bonchev–Trinajstić information content (AvgIpc) is 3.27. The summed E-state index contributed by atoms with van der Waals surface area (Å²) in [6.07, 6.45) is 0. The van der Waals surface area contributed by atoms with E-state index in [9.17, 15) is 46.8 Å². The van der Waals surface area contributed by atoms with Gasteiger partial charge in [0, 0.05) is 31.5 Å². The van der Waals surface area contributed by atoms with Crippen molar-refractivity contribution in [3.05, 3.63) is 0 Å². The van der Waals surface area contributed by atoms with Crippen LogP contribution in [-0.4, -0.2) is 208 Å². The highest BCUT2D eigenvalue weighted by molar-refractivity contribution is 7.46. The van der Waals surface area contributed by atoms with E-state index in [1.54, 1.807) is 0 Å². The van der Waals surface area contributed by atoms with E-state index in [1.807, 2.05) is 0 Å². The monoisotopic (exact) mass is 1070 g/mol. The van der Waals surface area contributed by atoms with Crippen LogP contribution in [0.3, 0.4) is 0 Å². The Bertz CT molecular complexity index is 1320. The van der Waals surface area contributed by atoms with Crippen LogP contribution < -0.4 is 30.7 Å². The van der Waals surface area contributed by atoms with Gasteiger partial charge >= 0.3 is 0 Å². The lowest BCUT2D eigenvalue weighted by Crippen LogP contribution is -2.27. The summed E-state index contributed by atoms with van der Waals surface area (Å²) in [4.78, 5) is 54.5. The SMILES string of the molecule is O=P([O-])(O)OCC(CNF)COP(=O)([O-])OCCOCCOCCOCCOCCOCCOP(=O)([O-])OCCOCCOCCOCCOCCOCCOP(=O)([O-])OCC(CO)CNF. The van der Waals surface area contributed by atoms with Gasteiger partial charge in [0.2, 0.25) is 0 Å². The molecule has 0 aliphatic rings. The number of rotatable bonds is 54. The Morgan fingerprint density at radius 3 is 0.806 bits per heavy atom. The molecule has 35 heteroatoms. The van der Waals surface area contributed by atoms with E-state index in [-0.39, 0.29) is 145 Å². The Labute approximate surface area is 387 Å². The molecule has 67 heavy (non-hydrogen) atoms. The quantitative estimate of drug-likeness (QED) is 0.0274. The molecule has 4 N–H and O–H groups in total. The first-order chi connectivity index (χ1) is 32.0. The number of aliphatic hydroxyl groups excluding tert-OH is 1. The standard InChI is InChI=1S/C32H70F2N2O27P4/c33-35-25-31(27-37)28-62-66(43,44)59-23-19-55-15-11-51-7-3-47-1-5-49-9-13-53-17-21-57-65(41,42)58-22-18-54-14-10-50-6-2-48-4-8-52-12-16-56-20-24-60-67(45,46)63-30-32(26-36-34)29-61-64(38,39)40/h31-32,35-37H,1-30H2,(H,41,42)(H,43,44)(H,45,46)(H2,38,39,40)/p-4. The van der Waals surface area contributed by atoms with Crippen LogP contribution in [0, 0.1) is 11.8 Å². The molecule has 0 amide bonds. The smallest absolute Gasteiger partial charge is 0.268 e. The van der Waals surface area contributed by atoms with Gasteiger partial charge in [-0.15, -0.1) is 8.96 Å². The van der Waals surface area contributed by atoms with Gasteiger partial charge in [-0.3, -0.25) is 18.3 Å². The normalized spacial score (nSPS) is 16.6. The van der Waals surface area contributed by atoms with Crippen LogP contribution in [0.4, 0.5) is 8.96 Å². The second-order valence-electron chi connectivity index (χ2n) is 12.7. The first-order valence-electron chi connectivity index (χ1n) is 20.6. The van der Waals surface area contributed by atoms with Crippen LogP contribution in [0.5, 0.6) is 0 Å². The number of ether oxygens (including phenoxy) is 10. The van der Waals surface area contributed by atoms with Gasteiger partial charge in [0.05, 0.1) is 178 Å². The summed E-state index contributed by atoms with van der Waals surface area (Å²) >= 11 is 0. The number of hydrogen-bond acceptors (Lipinski definition) is 28. The lowest BCUT2D eigenvalue weighted by atomic mass is 10.2. The Morgan fingerprint density at radius 1 is 0.358 bits per heavy atom. The number of hydrogen-bond donors (Lipinski definition) is 4. The van der Waals surface area contributed by atoms with Gasteiger partial charge in [0.15, 0.2) is 0 Å². The van der Waals surface area contributed by atoms with Crippen molar-refractivity contribution in [2.75, 3.05) is 198 Å². The van der Waals surface area contributed by atoms with Crippen molar-refractivity contribution in [2.24, 2.45) is 11.8 Å². The number of halogens is 2. The lowest BCUT2D eigenvalue weighted by molar-refractivity contribution is -0.229. The van der Waals surface area contributed by atoms with Crippen LogP contribution in [0.15, 0.2) is 0 Å². The van der Waals surface area contributed by atoms with Crippen molar-refractivity contribution in [2.45, 2.75) is 0 Å². The summed E-state index contributed by atoms with van der Waals surface area (Å²) in [6, 6.07) is 0. The molecular weight excluding hydrogens is 1010 g/mol. The van der Waals surface area contributed by atoms with E-state index >= 15 is 0 Å². The first-order valence-corrected chi connectivity index (χ1v) is 26.5. The minimum Gasteiger partial charge on any atom is -0.756 e. The molecule has 0 radical (unpaired) electrons. The number of phosphoric ester groups is 4. The van der Waals surface area contributed by atoms with E-state index in [0.717, 1.165) is 0 Å². The molecule has 0 heterocycles. The highest BCUT2D eigenvalue weighted by Crippen LogP contribution is 2.40. The Hall–Kier alpha value is -0.220. The van der Waals surface area contributed by atoms with E-state index in [4.69, 9.17) is 66.4 Å². The van der Waals surface area contributed by atoms with Crippen LogP contribution in [0.1, 0.15) is 0 Å². The van der Waals surface area contributed by atoms with E-state index in [2.05, 4.69) is 22.6 Å². The summed E-state index contributed by atoms with van der Waals surface area (Å²) in [5, 5.41) is 8.99. The van der Waals surface area contributed by atoms with Crippen molar-refractivity contribution < 1.29 is 136 Å². The molecule has 0 aliphatic heterocycles. The van der Waals surface area contributed by atoms with Gasteiger partial charge < -0.3 is 109 Å². The molecule has 29 nitrogen and oxygen atoms in total. The Morgan fingerprint density at radius 2 is 0.567 bits per heavy atom. The molecular formula is C32H66F2N2O27P4-4. The summed E-state index contributed by atoms with van der Waals surface area (Å²) in [7, 11) is -19.1. The van der Waals surface area contributed by atoms with E-state index in [1.165, 1.54) is 11.1 Å². The molecule has 0 saturated carbocycles. The minimum atomic E-state index is -5.08. The topological polar surface area (TPSA) is 382 Å². The van der Waals surface area contributed by atoms with Gasteiger partial charge in [-0.1, -0.05) is 0 Å². The summed E-state index contributed by atoms with van der Waals surface area (Å²) in [5.74, 6) is -1.83. The van der Waals surface area contributed by atoms with E-state index in [0.29, 0.717) is 13.2 Å². The molecule has 0 aromatic rings. The number of aliphatic hydroxyl groups is 1. The van der Waals surface area contributed by atoms with Crippen molar-refractivity contribution in [1.82, 2.24) is 11.1 Å². The minimum absolute atomic E-state index is 0.0181. The molecule has 6 unspecified atom stereocenters. The molecule has 6 atom stereocenters. The maximum atomic E-state index is 12.3. The highest BCUT2D eigenvalue weighted by Gasteiger charge is 2.18. The number of phosphoric acid groups is 4. The predicted molar refractivity (Wildman–Crippen MR) is 215 cm³/mol. The summed E-state index contributed by atoms with van der Waals surface area (Å²) in [5.41, 5.74) is 2.53. The fourth-order valence-electron chi connectivity index (χ4n) is 4.06. The van der Waals surface area contributed by atoms with Gasteiger partial charge in [0.1, 0.15) is 0 Å². The second kappa shape index (κ2) is 44.5. The fourth-order valence-corrected chi connectivity index (χ4v) is 6.66. The maximum absolute atomic E-state index is 12.3. The third kappa shape index (κ3) is 49.2. The van der Waals surface area contributed by atoms with Crippen LogP contribution in [0.2, 0.25) is 0 Å². The molecule has 0 bridgehead atoms. The molecule has 0 aromatic carbocycles. The first kappa shape index (κ1) is 66.8. The van der Waals surface area contributed by atoms with Crippen LogP contribution in [-0.2, 0) is 97.3 Å². The maximum Gasteiger partial charge on any atom is 0.268 e. The molecule has 0 rings (SSSR count). The summed E-state index contributed by atoms with van der Waals surface area (Å²) < 4.78 is 155. The van der Waals surface area contributed by atoms with Gasteiger partial charge in [-0.2, -0.15) is 11.1 Å². The second-order valence-corrected chi connectivity index (χ2v) is 18.2. The molecule has 0 spiro atoms. The predicted octanol–water partition coefficient (Wildman–Crippen LogP) is -2.69. The van der Waals surface area contributed by atoms with Crippen LogP contribution >= 0.6 is 31.3 Å². The zero-order valence-electron chi connectivity index (χ0n) is 37.0. The zero-order chi connectivity index (χ0) is 49.8. The third-order valence-electron chi connectivity index (χ3n) is 7.28. The molecule has 0 aromatic heterocycles. The van der Waals surface area contributed by atoms with Gasteiger partial charge in [-0.25, -0.2) is 0 Å². The average molecular weight is 1070 g/mol. The van der Waals surface area contributed by atoms with Crippen molar-refractivity contribution in [3.63, 3.8) is 0 Å². The molecule has 0 aliphatic carbocycles. The van der Waals surface area contributed by atoms with E-state index < -0.39 is 82.7 Å². The van der Waals surface area contributed by atoms with Gasteiger partial charge in [-0.05, 0) is 0 Å². The fraction of sp³-hybridized carbons (Fsp3) is 1.00. The van der Waals surface area contributed by atoms with Crippen molar-refractivity contribution in [1.29, 1.82) is 0 Å². The highest BCUT2D eigenvalue weighted by atomic mass is 31.2. The third-order valence-corrected chi connectivity index (χ3v) is 10.7. The Balaban J connectivity index is 3.47. The zero-order valence-corrected chi connectivity index (χ0v) is 40.6. The Kier molecular flexibility index (Phi) is 44.3. The van der Waals surface area contributed by atoms with Crippen LogP contribution in [0.25, 0.3) is 0 Å². The lowest BCUT2D eigenvalue weighted by Gasteiger charge is -2.26. The number of nitrogens with one attached hydrogen (secondary N) is 2. The van der Waals surface area contributed by atoms with Crippen molar-refractivity contribution in [3.8, 4) is 0 Å². The summed E-state index contributed by atoms with van der Waals surface area (Å²) in [6.45, 7) is -0.773. The molecule has 0 fully saturated rings. The molecule has 404 valence electrons. The largest absolute Gasteiger partial charge is 0.756 e. The van der Waals surface area contributed by atoms with Gasteiger partial charge in [0.25, 0.3) is 31.3 Å².